The summed E-state index contributed by atoms with van der Waals surface area (Å²) < 4.78 is 0. The summed E-state index contributed by atoms with van der Waals surface area (Å²) in [7, 11) is 0. The Kier molecular flexibility index (Phi) is 7.00. The van der Waals surface area contributed by atoms with Crippen molar-refractivity contribution in [3.8, 4) is 0 Å². The first kappa shape index (κ1) is 17.4. The maximum atomic E-state index is 11.7. The van der Waals surface area contributed by atoms with Crippen LogP contribution in [0.2, 0.25) is 0 Å². The summed E-state index contributed by atoms with van der Waals surface area (Å²) in [6.45, 7) is 1.95. The molecule has 0 atom stereocenters. The van der Waals surface area contributed by atoms with Crippen molar-refractivity contribution in [1.82, 2.24) is 15.5 Å². The predicted molar refractivity (Wildman–Crippen MR) is 93.9 cm³/mol. The van der Waals surface area contributed by atoms with Gasteiger partial charge < -0.3 is 10.6 Å². The smallest absolute Gasteiger partial charge is 0.228 e. The maximum absolute atomic E-state index is 11.7. The normalized spacial score (nSPS) is 13.9. The third-order valence-electron chi connectivity index (χ3n) is 3.75. The lowest BCUT2D eigenvalue weighted by atomic mass is 10.1. The number of carbonyl (C=O) groups is 2. The van der Waals surface area contributed by atoms with E-state index in [1.807, 2.05) is 18.2 Å². The van der Waals surface area contributed by atoms with E-state index in [-0.39, 0.29) is 11.8 Å². The lowest BCUT2D eigenvalue weighted by Crippen LogP contribution is -2.40. The molecule has 2 amide bonds. The van der Waals surface area contributed by atoms with E-state index in [9.17, 15) is 9.59 Å². The predicted octanol–water partition coefficient (Wildman–Crippen LogP) is 1.62. The van der Waals surface area contributed by atoms with E-state index >= 15 is 0 Å². The van der Waals surface area contributed by atoms with E-state index in [4.69, 9.17) is 12.2 Å². The van der Waals surface area contributed by atoms with Gasteiger partial charge in [-0.1, -0.05) is 30.3 Å². The standard InChI is InChI=1S/C17H23N3O2S/c21-15(18-12-10-14-6-2-1-3-7-14)8-4-11-19-17(23)20-13-5-9-16(20)22/h1-3,6-7H,4-5,8-13H2,(H,18,21)(H,19,23). The zero-order valence-corrected chi connectivity index (χ0v) is 14.0. The van der Waals surface area contributed by atoms with Crippen LogP contribution in [-0.2, 0) is 16.0 Å². The number of likely N-dealkylation sites (tertiary alicyclic amines) is 1. The van der Waals surface area contributed by atoms with Gasteiger partial charge in [0.1, 0.15) is 0 Å². The number of nitrogens with zero attached hydrogens (tertiary/aromatic N) is 1. The van der Waals surface area contributed by atoms with Crippen LogP contribution in [0.25, 0.3) is 0 Å². The summed E-state index contributed by atoms with van der Waals surface area (Å²) in [6.07, 6.45) is 3.43. The highest BCUT2D eigenvalue weighted by Gasteiger charge is 2.23. The van der Waals surface area contributed by atoms with Crippen molar-refractivity contribution in [2.24, 2.45) is 0 Å². The summed E-state index contributed by atoms with van der Waals surface area (Å²) in [4.78, 5) is 24.9. The molecule has 2 N–H and O–H groups in total. The second-order valence-corrected chi connectivity index (χ2v) is 5.96. The van der Waals surface area contributed by atoms with Gasteiger partial charge in [0.25, 0.3) is 0 Å². The van der Waals surface area contributed by atoms with Crippen molar-refractivity contribution in [2.75, 3.05) is 19.6 Å². The van der Waals surface area contributed by atoms with Crippen LogP contribution in [0.5, 0.6) is 0 Å². The third kappa shape index (κ3) is 5.98. The topological polar surface area (TPSA) is 61.4 Å². The molecule has 0 aromatic heterocycles. The highest BCUT2D eigenvalue weighted by atomic mass is 32.1. The molecule has 1 saturated heterocycles. The minimum Gasteiger partial charge on any atom is -0.362 e. The molecule has 1 aliphatic rings. The molecule has 0 aliphatic carbocycles. The van der Waals surface area contributed by atoms with Crippen molar-refractivity contribution in [1.29, 1.82) is 0 Å². The minimum absolute atomic E-state index is 0.0471. The first-order valence-corrected chi connectivity index (χ1v) is 8.46. The van der Waals surface area contributed by atoms with Gasteiger partial charge in [0, 0.05) is 32.5 Å². The Balaban J connectivity index is 1.53. The molecule has 5 nitrogen and oxygen atoms in total. The number of carbonyl (C=O) groups excluding carboxylic acids is 2. The monoisotopic (exact) mass is 333 g/mol. The van der Waals surface area contributed by atoms with Crippen molar-refractivity contribution in [3.63, 3.8) is 0 Å². The molecule has 2 rings (SSSR count). The van der Waals surface area contributed by atoms with Crippen molar-refractivity contribution >= 4 is 29.1 Å². The van der Waals surface area contributed by atoms with Gasteiger partial charge in [-0.25, -0.2) is 0 Å². The number of rotatable bonds is 7. The van der Waals surface area contributed by atoms with Gasteiger partial charge in [0.15, 0.2) is 5.11 Å². The molecule has 124 valence electrons. The number of amides is 2. The Morgan fingerprint density at radius 1 is 1.17 bits per heavy atom. The van der Waals surface area contributed by atoms with Gasteiger partial charge in [-0.2, -0.15) is 0 Å². The zero-order valence-electron chi connectivity index (χ0n) is 13.2. The molecule has 0 unspecified atom stereocenters. The van der Waals surface area contributed by atoms with Crippen LogP contribution < -0.4 is 10.6 Å². The van der Waals surface area contributed by atoms with E-state index in [0.29, 0.717) is 44.0 Å². The Hall–Kier alpha value is -1.95. The molecular weight excluding hydrogens is 310 g/mol. The van der Waals surface area contributed by atoms with Crippen LogP contribution in [-0.4, -0.2) is 41.5 Å². The molecule has 0 saturated carbocycles. The molecule has 1 heterocycles. The van der Waals surface area contributed by atoms with Crippen LogP contribution in [0, 0.1) is 0 Å². The Morgan fingerprint density at radius 3 is 2.65 bits per heavy atom. The second-order valence-electron chi connectivity index (χ2n) is 5.57. The molecule has 0 spiro atoms. The van der Waals surface area contributed by atoms with Crippen LogP contribution in [0.15, 0.2) is 30.3 Å². The van der Waals surface area contributed by atoms with E-state index in [0.717, 1.165) is 12.8 Å². The molecule has 0 bridgehead atoms. The summed E-state index contributed by atoms with van der Waals surface area (Å²) >= 11 is 5.19. The average Bonchev–Trinajstić information content (AvgIpc) is 2.98. The number of hydrogen-bond donors (Lipinski definition) is 2. The highest BCUT2D eigenvalue weighted by Crippen LogP contribution is 2.09. The highest BCUT2D eigenvalue weighted by molar-refractivity contribution is 7.80. The maximum Gasteiger partial charge on any atom is 0.228 e. The first-order valence-electron chi connectivity index (χ1n) is 8.05. The molecule has 23 heavy (non-hydrogen) atoms. The Morgan fingerprint density at radius 2 is 1.96 bits per heavy atom. The summed E-state index contributed by atoms with van der Waals surface area (Å²) in [5, 5.41) is 6.45. The second kappa shape index (κ2) is 9.25. The molecule has 1 aromatic rings. The number of nitrogens with one attached hydrogen (secondary N) is 2. The zero-order chi connectivity index (χ0) is 16.5. The van der Waals surface area contributed by atoms with Crippen LogP contribution in [0.1, 0.15) is 31.2 Å². The number of hydrogen-bond acceptors (Lipinski definition) is 3. The minimum atomic E-state index is 0.0471. The van der Waals surface area contributed by atoms with E-state index in [2.05, 4.69) is 22.8 Å². The van der Waals surface area contributed by atoms with Crippen molar-refractivity contribution < 1.29 is 9.59 Å². The van der Waals surface area contributed by atoms with Crippen LogP contribution in [0.3, 0.4) is 0 Å². The van der Waals surface area contributed by atoms with Crippen molar-refractivity contribution in [2.45, 2.75) is 32.1 Å². The fraction of sp³-hybridized carbons (Fsp3) is 0.471. The molecular formula is C17H23N3O2S. The summed E-state index contributed by atoms with van der Waals surface area (Å²) in [5.41, 5.74) is 1.22. The Bertz CT molecular complexity index is 548. The molecule has 6 heteroatoms. The van der Waals surface area contributed by atoms with Gasteiger partial charge in [-0.3, -0.25) is 14.5 Å². The Labute approximate surface area is 142 Å². The average molecular weight is 333 g/mol. The fourth-order valence-corrected chi connectivity index (χ4v) is 2.78. The molecule has 1 fully saturated rings. The van der Waals surface area contributed by atoms with Gasteiger partial charge >= 0.3 is 0 Å². The third-order valence-corrected chi connectivity index (χ3v) is 4.12. The lowest BCUT2D eigenvalue weighted by Gasteiger charge is -2.17. The van der Waals surface area contributed by atoms with E-state index in [1.54, 1.807) is 4.90 Å². The van der Waals surface area contributed by atoms with Gasteiger partial charge in [-0.15, -0.1) is 0 Å². The summed E-state index contributed by atoms with van der Waals surface area (Å²) in [5.74, 6) is 0.132. The van der Waals surface area contributed by atoms with Crippen molar-refractivity contribution in [3.05, 3.63) is 35.9 Å². The van der Waals surface area contributed by atoms with Gasteiger partial charge in [-0.05, 0) is 37.0 Å². The van der Waals surface area contributed by atoms with E-state index < -0.39 is 0 Å². The van der Waals surface area contributed by atoms with E-state index in [1.165, 1.54) is 5.56 Å². The molecule has 1 aliphatic heterocycles. The number of thiocarbonyl (C=S) groups is 1. The van der Waals surface area contributed by atoms with Gasteiger partial charge in [0.05, 0.1) is 0 Å². The summed E-state index contributed by atoms with van der Waals surface area (Å²) in [6, 6.07) is 10.1. The van der Waals surface area contributed by atoms with Gasteiger partial charge in [0.2, 0.25) is 11.8 Å². The largest absolute Gasteiger partial charge is 0.362 e. The first-order chi connectivity index (χ1) is 11.2. The molecule has 0 radical (unpaired) electrons. The fourth-order valence-electron chi connectivity index (χ4n) is 2.48. The van der Waals surface area contributed by atoms with Crippen LogP contribution in [0.4, 0.5) is 0 Å². The SMILES string of the molecule is O=C(CCCNC(=S)N1CCCC1=O)NCCc1ccccc1. The quantitative estimate of drug-likeness (QED) is 0.588. The molecule has 1 aromatic carbocycles. The van der Waals surface area contributed by atoms with Crippen LogP contribution >= 0.6 is 12.2 Å². The lowest BCUT2D eigenvalue weighted by molar-refractivity contribution is -0.124. The number of benzene rings is 1.